The van der Waals surface area contributed by atoms with Gasteiger partial charge in [0.25, 0.3) is 0 Å². The summed E-state index contributed by atoms with van der Waals surface area (Å²) in [6.45, 7) is 4.69. The lowest BCUT2D eigenvalue weighted by Gasteiger charge is -2.31. The van der Waals surface area contributed by atoms with Crippen LogP contribution in [0.1, 0.15) is 30.5 Å². The topological polar surface area (TPSA) is 72.5 Å². The van der Waals surface area contributed by atoms with Crippen LogP contribution in [0.2, 0.25) is 0 Å². The second-order valence-electron chi connectivity index (χ2n) is 7.50. The van der Waals surface area contributed by atoms with Crippen LogP contribution >= 0.6 is 0 Å². The number of H-pyrrole nitrogens is 1. The number of aliphatic hydroxyl groups is 1. The molecule has 0 bridgehead atoms. The number of carbonyl (C=O) groups excluding carboxylic acids is 1. The molecule has 0 unspecified atom stereocenters. The molecule has 26 heavy (non-hydrogen) atoms. The Hall–Kier alpha value is -2.18. The third kappa shape index (κ3) is 3.27. The molecule has 6 nitrogen and oxygen atoms in total. The summed E-state index contributed by atoms with van der Waals surface area (Å²) >= 11 is 0. The summed E-state index contributed by atoms with van der Waals surface area (Å²) in [7, 11) is 0. The molecular weight excluding hydrogens is 328 g/mol. The van der Waals surface area contributed by atoms with Gasteiger partial charge in [-0.25, -0.2) is 4.98 Å². The van der Waals surface area contributed by atoms with E-state index in [1.54, 1.807) is 13.3 Å². The van der Waals surface area contributed by atoms with Gasteiger partial charge in [-0.15, -0.1) is 0 Å². The van der Waals surface area contributed by atoms with Gasteiger partial charge in [0.05, 0.1) is 18.5 Å². The van der Waals surface area contributed by atoms with E-state index >= 15 is 0 Å². The predicted molar refractivity (Wildman–Crippen MR) is 98.3 cm³/mol. The fraction of sp³-hybridized carbons (Fsp3) is 0.500. The second kappa shape index (κ2) is 7.21. The molecule has 1 amide bonds. The van der Waals surface area contributed by atoms with E-state index < -0.39 is 6.10 Å². The van der Waals surface area contributed by atoms with Gasteiger partial charge in [-0.05, 0) is 12.0 Å². The molecule has 0 saturated carbocycles. The van der Waals surface area contributed by atoms with E-state index in [0.717, 1.165) is 31.7 Å². The van der Waals surface area contributed by atoms with Crippen LogP contribution in [0.3, 0.4) is 0 Å². The molecule has 2 saturated heterocycles. The third-order valence-corrected chi connectivity index (χ3v) is 5.91. The Morgan fingerprint density at radius 2 is 2.12 bits per heavy atom. The van der Waals surface area contributed by atoms with E-state index in [-0.39, 0.29) is 23.8 Å². The zero-order valence-electron chi connectivity index (χ0n) is 15.1. The van der Waals surface area contributed by atoms with Crippen molar-refractivity contribution in [1.82, 2.24) is 19.8 Å². The summed E-state index contributed by atoms with van der Waals surface area (Å²) in [6.07, 6.45) is 3.85. The number of amides is 1. The van der Waals surface area contributed by atoms with Crippen LogP contribution in [0, 0.1) is 5.92 Å². The van der Waals surface area contributed by atoms with Crippen LogP contribution in [-0.4, -0.2) is 62.6 Å². The standard InChI is InChI=1S/C20H26N4O2/c1-14(25)24-11-17(15-5-3-2-4-6-15)20-18(24)12-23(8-7-19(20)26)10-16-9-21-13-22-16/h2-6,9,13,17-20,26H,7-8,10-12H2,1H3,(H,21,22)/t17-,18+,19+,20-/m0/s1. The fourth-order valence-electron chi connectivity index (χ4n) is 4.70. The number of hydrogen-bond donors (Lipinski definition) is 2. The highest BCUT2D eigenvalue weighted by molar-refractivity contribution is 5.74. The largest absolute Gasteiger partial charge is 0.393 e. The molecule has 4 atom stereocenters. The summed E-state index contributed by atoms with van der Waals surface area (Å²) in [6, 6.07) is 10.4. The number of nitrogens with one attached hydrogen (secondary N) is 1. The van der Waals surface area contributed by atoms with Gasteiger partial charge in [-0.2, -0.15) is 0 Å². The summed E-state index contributed by atoms with van der Waals surface area (Å²) in [5.41, 5.74) is 2.28. The van der Waals surface area contributed by atoms with Gasteiger partial charge in [0, 0.05) is 56.8 Å². The van der Waals surface area contributed by atoms with Crippen molar-refractivity contribution >= 4 is 5.91 Å². The lowest BCUT2D eigenvalue weighted by molar-refractivity contribution is -0.130. The molecule has 0 radical (unpaired) electrons. The Balaban J connectivity index is 1.62. The van der Waals surface area contributed by atoms with Gasteiger partial charge in [0.15, 0.2) is 0 Å². The number of benzene rings is 1. The predicted octanol–water partition coefficient (Wildman–Crippen LogP) is 1.61. The molecule has 2 aromatic rings. The number of carbonyl (C=O) groups is 1. The maximum absolute atomic E-state index is 12.3. The maximum atomic E-state index is 12.3. The van der Waals surface area contributed by atoms with Crippen LogP contribution in [-0.2, 0) is 11.3 Å². The number of hydrogen-bond acceptors (Lipinski definition) is 4. The Morgan fingerprint density at radius 1 is 1.31 bits per heavy atom. The molecule has 6 heteroatoms. The van der Waals surface area contributed by atoms with E-state index in [2.05, 4.69) is 27.0 Å². The van der Waals surface area contributed by atoms with Gasteiger partial charge >= 0.3 is 0 Å². The summed E-state index contributed by atoms with van der Waals surface area (Å²) in [5, 5.41) is 10.9. The Bertz CT molecular complexity index is 734. The quantitative estimate of drug-likeness (QED) is 0.878. The number of aromatic nitrogens is 2. The SMILES string of the molecule is CC(=O)N1C[C@@H](c2ccccc2)[C@@H]2[C@H](O)CCN(Cc3cnc[nH]3)C[C@H]21. The number of aromatic amines is 1. The van der Waals surface area contributed by atoms with Gasteiger partial charge in [0.1, 0.15) is 0 Å². The van der Waals surface area contributed by atoms with E-state index in [0.29, 0.717) is 6.54 Å². The van der Waals surface area contributed by atoms with Gasteiger partial charge in [-0.3, -0.25) is 9.69 Å². The smallest absolute Gasteiger partial charge is 0.219 e. The van der Waals surface area contributed by atoms with Gasteiger partial charge in [0.2, 0.25) is 5.91 Å². The highest BCUT2D eigenvalue weighted by Crippen LogP contribution is 2.42. The van der Waals surface area contributed by atoms with E-state index in [4.69, 9.17) is 0 Å². The van der Waals surface area contributed by atoms with Gasteiger partial charge < -0.3 is 15.0 Å². The van der Waals surface area contributed by atoms with Crippen LogP contribution in [0.5, 0.6) is 0 Å². The highest BCUT2D eigenvalue weighted by atomic mass is 16.3. The third-order valence-electron chi connectivity index (χ3n) is 5.91. The minimum absolute atomic E-state index is 0.0399. The molecule has 2 aliphatic heterocycles. The van der Waals surface area contributed by atoms with E-state index in [9.17, 15) is 9.90 Å². The second-order valence-corrected chi connectivity index (χ2v) is 7.50. The lowest BCUT2D eigenvalue weighted by atomic mass is 9.81. The number of nitrogens with zero attached hydrogens (tertiary/aromatic N) is 3. The lowest BCUT2D eigenvalue weighted by Crippen LogP contribution is -2.44. The molecule has 0 aliphatic carbocycles. The Labute approximate surface area is 153 Å². The average Bonchev–Trinajstić information content (AvgIpc) is 3.24. The number of likely N-dealkylation sites (tertiary alicyclic amines) is 2. The summed E-state index contributed by atoms with van der Waals surface area (Å²) in [5.74, 6) is 0.356. The van der Waals surface area contributed by atoms with E-state index in [1.807, 2.05) is 29.3 Å². The monoisotopic (exact) mass is 354 g/mol. The van der Waals surface area contributed by atoms with Crippen LogP contribution < -0.4 is 0 Å². The zero-order valence-corrected chi connectivity index (χ0v) is 15.1. The molecule has 138 valence electrons. The summed E-state index contributed by atoms with van der Waals surface area (Å²) in [4.78, 5) is 23.9. The fourth-order valence-corrected chi connectivity index (χ4v) is 4.70. The molecule has 0 spiro atoms. The first-order valence-corrected chi connectivity index (χ1v) is 9.33. The Morgan fingerprint density at radius 3 is 2.81 bits per heavy atom. The molecule has 2 N–H and O–H groups in total. The number of rotatable bonds is 3. The Kier molecular flexibility index (Phi) is 4.78. The normalized spacial score (nSPS) is 29.4. The molecule has 2 fully saturated rings. The molecular formula is C20H26N4O2. The van der Waals surface area contributed by atoms with Crippen molar-refractivity contribution in [2.75, 3.05) is 19.6 Å². The maximum Gasteiger partial charge on any atom is 0.219 e. The molecule has 1 aromatic heterocycles. The number of aliphatic hydroxyl groups excluding tert-OH is 1. The van der Waals surface area contributed by atoms with Crippen molar-refractivity contribution in [2.45, 2.75) is 38.0 Å². The zero-order chi connectivity index (χ0) is 18.1. The van der Waals surface area contributed by atoms with Gasteiger partial charge in [-0.1, -0.05) is 30.3 Å². The van der Waals surface area contributed by atoms with Crippen LogP contribution in [0.25, 0.3) is 0 Å². The highest BCUT2D eigenvalue weighted by Gasteiger charge is 2.48. The van der Waals surface area contributed by atoms with Crippen molar-refractivity contribution in [3.63, 3.8) is 0 Å². The van der Waals surface area contributed by atoms with Crippen molar-refractivity contribution in [1.29, 1.82) is 0 Å². The average molecular weight is 354 g/mol. The van der Waals surface area contributed by atoms with Crippen molar-refractivity contribution in [3.8, 4) is 0 Å². The molecule has 1 aromatic carbocycles. The van der Waals surface area contributed by atoms with Crippen molar-refractivity contribution < 1.29 is 9.90 Å². The first-order valence-electron chi connectivity index (χ1n) is 9.33. The van der Waals surface area contributed by atoms with Crippen molar-refractivity contribution in [3.05, 3.63) is 54.1 Å². The van der Waals surface area contributed by atoms with Crippen molar-refractivity contribution in [2.24, 2.45) is 5.92 Å². The summed E-state index contributed by atoms with van der Waals surface area (Å²) < 4.78 is 0. The first kappa shape index (κ1) is 17.2. The minimum Gasteiger partial charge on any atom is -0.393 e. The molecule has 3 heterocycles. The van der Waals surface area contributed by atoms with Crippen LogP contribution in [0.15, 0.2) is 42.9 Å². The molecule has 4 rings (SSSR count). The van der Waals surface area contributed by atoms with E-state index in [1.165, 1.54) is 5.56 Å². The minimum atomic E-state index is -0.402. The molecule has 2 aliphatic rings. The number of imidazole rings is 1. The first-order chi connectivity index (χ1) is 12.6. The number of fused-ring (bicyclic) bond motifs is 1. The van der Waals surface area contributed by atoms with Crippen LogP contribution in [0.4, 0.5) is 0 Å².